The van der Waals surface area contributed by atoms with Crippen molar-refractivity contribution in [1.82, 2.24) is 4.57 Å². The lowest BCUT2D eigenvalue weighted by Crippen LogP contribution is -2.35. The molecule has 1 amide bonds. The molecule has 3 aromatic rings. The number of amidine groups is 1. The molecular formula is C18H14N4O3S3. The van der Waals surface area contributed by atoms with E-state index < -0.39 is 10.0 Å². The summed E-state index contributed by atoms with van der Waals surface area (Å²) in [7, 11) is -1.51. The van der Waals surface area contributed by atoms with Crippen molar-refractivity contribution in [3.05, 3.63) is 52.8 Å². The van der Waals surface area contributed by atoms with Crippen LogP contribution in [-0.2, 0) is 17.1 Å². The second kappa shape index (κ2) is 6.29. The van der Waals surface area contributed by atoms with Crippen LogP contribution in [-0.4, -0.2) is 36.4 Å². The molecule has 0 atom stereocenters. The third-order valence-corrected chi connectivity index (χ3v) is 8.05. The molecule has 0 aliphatic carbocycles. The zero-order chi connectivity index (χ0) is 19.5. The number of benzene rings is 2. The third kappa shape index (κ3) is 2.88. The quantitative estimate of drug-likeness (QED) is 0.593. The van der Waals surface area contributed by atoms with E-state index in [0.29, 0.717) is 22.1 Å². The molecule has 2 aromatic carbocycles. The van der Waals surface area contributed by atoms with E-state index >= 15 is 0 Å². The fraction of sp³-hybridized carbons (Fsp3) is 0.167. The minimum Gasteiger partial charge on any atom is -0.319 e. The van der Waals surface area contributed by atoms with Crippen LogP contribution in [0, 0.1) is 0 Å². The van der Waals surface area contributed by atoms with Crippen molar-refractivity contribution >= 4 is 60.1 Å². The summed E-state index contributed by atoms with van der Waals surface area (Å²) in [6, 6.07) is 13.2. The van der Waals surface area contributed by atoms with Crippen LogP contribution < -0.4 is 9.70 Å². The Morgan fingerprint density at radius 1 is 1.21 bits per heavy atom. The average Bonchev–Trinajstić information content (AvgIpc) is 3.17. The first kappa shape index (κ1) is 17.7. The van der Waals surface area contributed by atoms with Gasteiger partial charge in [0.2, 0.25) is 0 Å². The Bertz CT molecular complexity index is 1350. The Kier molecular flexibility index (Phi) is 3.97. The summed E-state index contributed by atoms with van der Waals surface area (Å²) in [6.07, 6.45) is 0. The van der Waals surface area contributed by atoms with Gasteiger partial charge in [0.1, 0.15) is 0 Å². The first-order valence-corrected chi connectivity index (χ1v) is 11.7. The van der Waals surface area contributed by atoms with Gasteiger partial charge in [0, 0.05) is 24.1 Å². The number of aryl methyl sites for hydroxylation is 1. The van der Waals surface area contributed by atoms with Gasteiger partial charge in [-0.15, -0.1) is 4.40 Å². The number of nitrogens with zero attached hydrogens (tertiary/aromatic N) is 4. The molecule has 0 radical (unpaired) electrons. The van der Waals surface area contributed by atoms with Crippen LogP contribution in [0.3, 0.4) is 0 Å². The predicted octanol–water partition coefficient (Wildman–Crippen LogP) is 2.59. The van der Waals surface area contributed by atoms with Gasteiger partial charge in [0.25, 0.3) is 15.9 Å². The van der Waals surface area contributed by atoms with E-state index in [2.05, 4.69) is 9.39 Å². The lowest BCUT2D eigenvalue weighted by atomic mass is 10.2. The zero-order valence-electron chi connectivity index (χ0n) is 14.7. The summed E-state index contributed by atoms with van der Waals surface area (Å²) < 4.78 is 30.3. The highest BCUT2D eigenvalue weighted by Crippen LogP contribution is 2.42. The van der Waals surface area contributed by atoms with Gasteiger partial charge < -0.3 is 9.47 Å². The maximum Gasteiger partial charge on any atom is 0.279 e. The topological polar surface area (TPSA) is 84.1 Å². The minimum atomic E-state index is -3.40. The highest BCUT2D eigenvalue weighted by atomic mass is 32.2. The Morgan fingerprint density at radius 2 is 2.04 bits per heavy atom. The largest absolute Gasteiger partial charge is 0.319 e. The number of thiazole rings is 1. The Labute approximate surface area is 169 Å². The molecule has 2 aliphatic rings. The second-order valence-electron chi connectivity index (χ2n) is 6.42. The monoisotopic (exact) mass is 430 g/mol. The van der Waals surface area contributed by atoms with Crippen LogP contribution in [0.1, 0.15) is 10.4 Å². The molecular weight excluding hydrogens is 416 g/mol. The van der Waals surface area contributed by atoms with Crippen molar-refractivity contribution in [3.63, 3.8) is 0 Å². The van der Waals surface area contributed by atoms with E-state index in [4.69, 9.17) is 0 Å². The number of hydrogen-bond donors (Lipinski definition) is 0. The summed E-state index contributed by atoms with van der Waals surface area (Å²) in [6.45, 7) is 0.371. The summed E-state index contributed by atoms with van der Waals surface area (Å²) in [5.74, 6) is -0.334. The molecule has 1 aromatic heterocycles. The van der Waals surface area contributed by atoms with Crippen molar-refractivity contribution in [2.45, 2.75) is 4.90 Å². The zero-order valence-corrected chi connectivity index (χ0v) is 17.1. The second-order valence-corrected chi connectivity index (χ2v) is 10.2. The Balaban J connectivity index is 1.52. The van der Waals surface area contributed by atoms with E-state index in [0.717, 1.165) is 20.8 Å². The number of rotatable bonds is 1. The van der Waals surface area contributed by atoms with Gasteiger partial charge in [-0.05, 0) is 42.1 Å². The summed E-state index contributed by atoms with van der Waals surface area (Å²) in [4.78, 5) is 20.4. The standard InChI is InChI=1S/C18H14N4O3S3/c1-21-12-4-2-3-5-14(12)26-17(21)19-16(23)11-6-7-13-15(10-11)27-18-20-28(24,25)9-8-22(13)18/h2-7,10H,8-9H2,1H3. The molecule has 7 nitrogen and oxygen atoms in total. The smallest absolute Gasteiger partial charge is 0.279 e. The van der Waals surface area contributed by atoms with Crippen molar-refractivity contribution < 1.29 is 13.2 Å². The SMILES string of the molecule is Cn1c(=NC(=O)c2ccc3c(c2)SC2=NS(=O)(=O)CCN23)sc2ccccc21. The number of amides is 1. The molecule has 3 heterocycles. The molecule has 28 heavy (non-hydrogen) atoms. The van der Waals surface area contributed by atoms with Gasteiger partial charge in [0.15, 0.2) is 9.97 Å². The van der Waals surface area contributed by atoms with E-state index in [-0.39, 0.29) is 11.7 Å². The number of carbonyl (C=O) groups excluding carboxylic acids is 1. The van der Waals surface area contributed by atoms with Crippen LogP contribution in [0.15, 0.2) is 56.8 Å². The first-order valence-electron chi connectivity index (χ1n) is 8.47. The lowest BCUT2D eigenvalue weighted by molar-refractivity contribution is 0.0997. The summed E-state index contributed by atoms with van der Waals surface area (Å²) in [5, 5.41) is 0.443. The molecule has 0 saturated carbocycles. The molecule has 5 rings (SSSR count). The van der Waals surface area contributed by atoms with Crippen LogP contribution in [0.25, 0.3) is 10.2 Å². The molecule has 0 spiro atoms. The fourth-order valence-electron chi connectivity index (χ4n) is 3.20. The summed E-state index contributed by atoms with van der Waals surface area (Å²) in [5.41, 5.74) is 2.37. The molecule has 0 N–H and O–H groups in total. The molecule has 10 heteroatoms. The molecule has 0 saturated heterocycles. The highest BCUT2D eigenvalue weighted by molar-refractivity contribution is 8.15. The molecule has 142 valence electrons. The molecule has 2 aliphatic heterocycles. The molecule has 0 fully saturated rings. The van der Waals surface area contributed by atoms with E-state index in [9.17, 15) is 13.2 Å². The van der Waals surface area contributed by atoms with Gasteiger partial charge in [0.05, 0.1) is 21.7 Å². The van der Waals surface area contributed by atoms with Gasteiger partial charge >= 0.3 is 0 Å². The number of hydrogen-bond acceptors (Lipinski definition) is 6. The molecule has 0 bridgehead atoms. The van der Waals surface area contributed by atoms with Crippen molar-refractivity contribution in [3.8, 4) is 0 Å². The number of fused-ring (bicyclic) bond motifs is 4. The van der Waals surface area contributed by atoms with E-state index in [1.54, 1.807) is 12.1 Å². The number of carbonyl (C=O) groups is 1. The summed E-state index contributed by atoms with van der Waals surface area (Å²) >= 11 is 2.73. The van der Waals surface area contributed by atoms with Crippen LogP contribution in [0.2, 0.25) is 0 Å². The number of anilines is 1. The highest BCUT2D eigenvalue weighted by Gasteiger charge is 2.33. The van der Waals surface area contributed by atoms with Gasteiger partial charge in [-0.25, -0.2) is 8.42 Å². The van der Waals surface area contributed by atoms with Crippen LogP contribution >= 0.6 is 23.1 Å². The normalized spacial score (nSPS) is 18.1. The number of sulfonamides is 1. The predicted molar refractivity (Wildman–Crippen MR) is 112 cm³/mol. The van der Waals surface area contributed by atoms with Gasteiger partial charge in [-0.2, -0.15) is 4.99 Å². The van der Waals surface area contributed by atoms with Gasteiger partial charge in [-0.1, -0.05) is 23.5 Å². The number of para-hydroxylation sites is 1. The maximum absolute atomic E-state index is 12.7. The lowest BCUT2D eigenvalue weighted by Gasteiger charge is -2.22. The first-order chi connectivity index (χ1) is 13.4. The minimum absolute atomic E-state index is 0.00501. The average molecular weight is 431 g/mol. The van der Waals surface area contributed by atoms with Crippen molar-refractivity contribution in [2.75, 3.05) is 17.2 Å². The number of aromatic nitrogens is 1. The third-order valence-electron chi connectivity index (χ3n) is 4.63. The maximum atomic E-state index is 12.7. The van der Waals surface area contributed by atoms with Crippen LogP contribution in [0.4, 0.5) is 5.69 Å². The van der Waals surface area contributed by atoms with Gasteiger partial charge in [-0.3, -0.25) is 4.79 Å². The van der Waals surface area contributed by atoms with Crippen LogP contribution in [0.5, 0.6) is 0 Å². The van der Waals surface area contributed by atoms with E-state index in [1.807, 2.05) is 46.8 Å². The number of thioether (sulfide) groups is 1. The van der Waals surface area contributed by atoms with Crippen molar-refractivity contribution in [1.29, 1.82) is 0 Å². The Hall–Kier alpha value is -2.43. The Morgan fingerprint density at radius 3 is 2.86 bits per heavy atom. The molecule has 0 unspecified atom stereocenters. The fourth-order valence-corrected chi connectivity index (χ4v) is 6.52. The van der Waals surface area contributed by atoms with Crippen molar-refractivity contribution in [2.24, 2.45) is 16.4 Å². The van der Waals surface area contributed by atoms with E-state index in [1.165, 1.54) is 23.1 Å².